The van der Waals surface area contributed by atoms with Crippen molar-refractivity contribution in [1.29, 1.82) is 0 Å². The van der Waals surface area contributed by atoms with Crippen LogP contribution in [0.5, 0.6) is 5.75 Å². The van der Waals surface area contributed by atoms with Crippen molar-refractivity contribution in [2.75, 3.05) is 41.3 Å². The van der Waals surface area contributed by atoms with Gasteiger partial charge in [-0.05, 0) is 57.2 Å². The van der Waals surface area contributed by atoms with Gasteiger partial charge in [-0.1, -0.05) is 12.1 Å². The number of para-hydroxylation sites is 2. The van der Waals surface area contributed by atoms with E-state index in [2.05, 4.69) is 15.1 Å². The molecule has 0 aliphatic carbocycles. The number of anilines is 3. The lowest BCUT2D eigenvalue weighted by Crippen LogP contribution is -2.63. The van der Waals surface area contributed by atoms with E-state index in [1.165, 1.54) is 0 Å². The van der Waals surface area contributed by atoms with Gasteiger partial charge in [-0.15, -0.1) is 0 Å². The summed E-state index contributed by atoms with van der Waals surface area (Å²) in [4.78, 5) is 32.3. The molecule has 2 amide bonds. The van der Waals surface area contributed by atoms with Gasteiger partial charge in [0.05, 0.1) is 17.4 Å². The number of nitrogens with zero attached hydrogens (tertiary/aromatic N) is 3. The fourth-order valence-electron chi connectivity index (χ4n) is 4.22. The monoisotopic (exact) mass is 408 g/mol. The first-order valence-corrected chi connectivity index (χ1v) is 10.3. The number of phenols is 1. The molecule has 7 heteroatoms. The van der Waals surface area contributed by atoms with Crippen LogP contribution in [0.1, 0.15) is 20.8 Å². The standard InChI is InChI=1S/C23H28N4O3/c1-16(25-12-14-26(15-13-25)17-8-10-18(28)11-9-17)21(29)27-20-7-5-4-6-19(20)24-22(30)23(27,2)3/h4-11,16,28H,12-15H2,1-3H3,(H,24,30)/t16-/m0/s1. The number of piperazine rings is 1. The first-order chi connectivity index (χ1) is 14.3. The molecule has 1 saturated heterocycles. The highest BCUT2D eigenvalue weighted by Gasteiger charge is 2.45. The first kappa shape index (κ1) is 20.2. The van der Waals surface area contributed by atoms with E-state index < -0.39 is 5.54 Å². The summed E-state index contributed by atoms with van der Waals surface area (Å²) >= 11 is 0. The highest BCUT2D eigenvalue weighted by atomic mass is 16.3. The zero-order valence-electron chi connectivity index (χ0n) is 17.6. The topological polar surface area (TPSA) is 76.1 Å². The first-order valence-electron chi connectivity index (χ1n) is 10.3. The largest absolute Gasteiger partial charge is 0.508 e. The lowest BCUT2D eigenvalue weighted by molar-refractivity contribution is -0.129. The maximum Gasteiger partial charge on any atom is 0.250 e. The van der Waals surface area contributed by atoms with E-state index >= 15 is 0 Å². The minimum atomic E-state index is -0.965. The number of nitrogens with one attached hydrogen (secondary N) is 1. The predicted molar refractivity (Wildman–Crippen MR) is 118 cm³/mol. The van der Waals surface area contributed by atoms with Crippen molar-refractivity contribution in [3.63, 3.8) is 0 Å². The number of amides is 2. The summed E-state index contributed by atoms with van der Waals surface area (Å²) in [5.41, 5.74) is 1.50. The molecule has 158 valence electrons. The van der Waals surface area contributed by atoms with E-state index in [1.807, 2.05) is 43.3 Å². The maximum atomic E-state index is 13.6. The van der Waals surface area contributed by atoms with Crippen molar-refractivity contribution in [2.24, 2.45) is 0 Å². The molecule has 30 heavy (non-hydrogen) atoms. The fraction of sp³-hybridized carbons (Fsp3) is 0.391. The van der Waals surface area contributed by atoms with Crippen LogP contribution in [0, 0.1) is 0 Å². The summed E-state index contributed by atoms with van der Waals surface area (Å²) in [7, 11) is 0. The lowest BCUT2D eigenvalue weighted by Gasteiger charge is -2.45. The highest BCUT2D eigenvalue weighted by molar-refractivity contribution is 6.15. The summed E-state index contributed by atoms with van der Waals surface area (Å²) in [6, 6.07) is 14.3. The zero-order chi connectivity index (χ0) is 21.5. The summed E-state index contributed by atoms with van der Waals surface area (Å²) in [5.74, 6) is 0.00403. The van der Waals surface area contributed by atoms with Gasteiger partial charge in [0.2, 0.25) is 11.8 Å². The van der Waals surface area contributed by atoms with Crippen molar-refractivity contribution in [3.05, 3.63) is 48.5 Å². The van der Waals surface area contributed by atoms with Crippen LogP contribution in [-0.2, 0) is 9.59 Å². The molecule has 0 unspecified atom stereocenters. The normalized spacial score (nSPS) is 19.8. The molecule has 0 spiro atoms. The third-order valence-corrected chi connectivity index (χ3v) is 6.16. The second-order valence-corrected chi connectivity index (χ2v) is 8.42. The number of aromatic hydroxyl groups is 1. The Hall–Kier alpha value is -3.06. The van der Waals surface area contributed by atoms with E-state index in [1.54, 1.807) is 30.9 Å². The number of benzene rings is 2. The lowest BCUT2D eigenvalue weighted by atomic mass is 9.95. The van der Waals surface area contributed by atoms with Gasteiger partial charge < -0.3 is 15.3 Å². The Balaban J connectivity index is 1.50. The minimum Gasteiger partial charge on any atom is -0.508 e. The molecule has 7 nitrogen and oxygen atoms in total. The second-order valence-electron chi connectivity index (χ2n) is 8.42. The second kappa shape index (κ2) is 7.65. The minimum absolute atomic E-state index is 0.0691. The van der Waals surface area contributed by atoms with Crippen LogP contribution in [0.4, 0.5) is 17.1 Å². The molecule has 2 aromatic carbocycles. The molecule has 4 rings (SSSR count). The van der Waals surface area contributed by atoms with Gasteiger partial charge in [0.1, 0.15) is 11.3 Å². The Morgan fingerprint density at radius 2 is 1.67 bits per heavy atom. The van der Waals surface area contributed by atoms with Crippen LogP contribution in [0.15, 0.2) is 48.5 Å². The van der Waals surface area contributed by atoms with Gasteiger partial charge in [-0.2, -0.15) is 0 Å². The number of rotatable bonds is 3. The molecular formula is C23H28N4O3. The van der Waals surface area contributed by atoms with Gasteiger partial charge in [0.25, 0.3) is 0 Å². The molecule has 2 aromatic rings. The smallest absolute Gasteiger partial charge is 0.250 e. The summed E-state index contributed by atoms with van der Waals surface area (Å²) in [6.45, 7) is 8.57. The van der Waals surface area contributed by atoms with Crippen molar-refractivity contribution in [1.82, 2.24) is 4.90 Å². The van der Waals surface area contributed by atoms with Crippen molar-refractivity contribution >= 4 is 28.9 Å². The third kappa shape index (κ3) is 3.50. The SMILES string of the molecule is C[C@@H](C(=O)N1c2ccccc2NC(=O)C1(C)C)N1CCN(c2ccc(O)cc2)CC1. The molecule has 1 atom stereocenters. The number of hydrogen-bond acceptors (Lipinski definition) is 5. The predicted octanol–water partition coefficient (Wildman–Crippen LogP) is 2.67. The van der Waals surface area contributed by atoms with Gasteiger partial charge in [0.15, 0.2) is 0 Å². The van der Waals surface area contributed by atoms with Crippen molar-refractivity contribution < 1.29 is 14.7 Å². The summed E-state index contributed by atoms with van der Waals surface area (Å²) in [5, 5.41) is 12.4. The molecule has 2 aliphatic rings. The third-order valence-electron chi connectivity index (χ3n) is 6.16. The molecule has 0 saturated carbocycles. The molecular weight excluding hydrogens is 380 g/mol. The average molecular weight is 409 g/mol. The Morgan fingerprint density at radius 1 is 1.03 bits per heavy atom. The summed E-state index contributed by atoms with van der Waals surface area (Å²) in [6.07, 6.45) is 0. The molecule has 1 fully saturated rings. The van der Waals surface area contributed by atoms with E-state index in [-0.39, 0.29) is 23.6 Å². The van der Waals surface area contributed by atoms with E-state index in [9.17, 15) is 14.7 Å². The molecule has 0 bridgehead atoms. The van der Waals surface area contributed by atoms with Gasteiger partial charge >= 0.3 is 0 Å². The van der Waals surface area contributed by atoms with E-state index in [0.717, 1.165) is 37.6 Å². The zero-order valence-corrected chi connectivity index (χ0v) is 17.6. The van der Waals surface area contributed by atoms with Crippen LogP contribution in [0.3, 0.4) is 0 Å². The Morgan fingerprint density at radius 3 is 2.33 bits per heavy atom. The molecule has 0 radical (unpaired) electrons. The Kier molecular flexibility index (Phi) is 5.15. The van der Waals surface area contributed by atoms with Gasteiger partial charge in [-0.3, -0.25) is 19.4 Å². The summed E-state index contributed by atoms with van der Waals surface area (Å²) < 4.78 is 0. The average Bonchev–Trinajstić information content (AvgIpc) is 2.74. The van der Waals surface area contributed by atoms with Crippen LogP contribution in [-0.4, -0.2) is 59.6 Å². The number of hydrogen-bond donors (Lipinski definition) is 2. The number of fused-ring (bicyclic) bond motifs is 1. The number of carbonyl (C=O) groups excluding carboxylic acids is 2. The van der Waals surface area contributed by atoms with Crippen LogP contribution >= 0.6 is 0 Å². The van der Waals surface area contributed by atoms with Gasteiger partial charge in [0, 0.05) is 31.9 Å². The molecule has 2 heterocycles. The molecule has 2 aliphatic heterocycles. The van der Waals surface area contributed by atoms with Gasteiger partial charge in [-0.25, -0.2) is 0 Å². The number of phenolic OH excluding ortho intramolecular Hbond substituents is 1. The Bertz CT molecular complexity index is 949. The quantitative estimate of drug-likeness (QED) is 0.817. The van der Waals surface area contributed by atoms with E-state index in [4.69, 9.17) is 0 Å². The van der Waals surface area contributed by atoms with Crippen LogP contribution in [0.25, 0.3) is 0 Å². The Labute approximate surface area is 176 Å². The highest BCUT2D eigenvalue weighted by Crippen LogP contribution is 2.37. The molecule has 0 aromatic heterocycles. The van der Waals surface area contributed by atoms with Crippen LogP contribution < -0.4 is 15.1 Å². The maximum absolute atomic E-state index is 13.6. The van der Waals surface area contributed by atoms with Crippen LogP contribution in [0.2, 0.25) is 0 Å². The molecule has 2 N–H and O–H groups in total. The van der Waals surface area contributed by atoms with Crippen molar-refractivity contribution in [2.45, 2.75) is 32.4 Å². The number of carbonyl (C=O) groups is 2. The fourth-order valence-corrected chi connectivity index (χ4v) is 4.22. The van der Waals surface area contributed by atoms with E-state index in [0.29, 0.717) is 5.69 Å². The van der Waals surface area contributed by atoms with Crippen molar-refractivity contribution in [3.8, 4) is 5.75 Å².